The van der Waals surface area contributed by atoms with E-state index in [2.05, 4.69) is 5.32 Å². The average molecular weight is 256 g/mol. The zero-order chi connectivity index (χ0) is 13.0. The molecular formula is C12H20N2O4. The molecule has 1 aliphatic heterocycles. The van der Waals surface area contributed by atoms with Crippen LogP contribution in [-0.2, 0) is 14.3 Å². The Hall–Kier alpha value is -1.14. The van der Waals surface area contributed by atoms with Gasteiger partial charge in [-0.05, 0) is 18.8 Å². The van der Waals surface area contributed by atoms with Crippen molar-refractivity contribution in [1.29, 1.82) is 0 Å². The molecule has 1 amide bonds. The van der Waals surface area contributed by atoms with Crippen molar-refractivity contribution in [2.24, 2.45) is 5.92 Å². The van der Waals surface area contributed by atoms with Crippen molar-refractivity contribution in [3.05, 3.63) is 0 Å². The molecule has 2 fully saturated rings. The first kappa shape index (κ1) is 13.3. The lowest BCUT2D eigenvalue weighted by molar-refractivity contribution is -0.141. The molecule has 1 aliphatic carbocycles. The smallest absolute Gasteiger partial charge is 0.305 e. The maximum Gasteiger partial charge on any atom is 0.305 e. The van der Waals surface area contributed by atoms with Crippen LogP contribution in [0.5, 0.6) is 0 Å². The third kappa shape index (κ3) is 4.27. The summed E-state index contributed by atoms with van der Waals surface area (Å²) in [5.41, 5.74) is 0. The number of carboxylic acid groups (broad SMARTS) is 1. The normalized spacial score (nSPS) is 24.8. The third-order valence-corrected chi connectivity index (χ3v) is 3.39. The van der Waals surface area contributed by atoms with Gasteiger partial charge in [-0.15, -0.1) is 0 Å². The van der Waals surface area contributed by atoms with Crippen molar-refractivity contribution in [1.82, 2.24) is 10.2 Å². The van der Waals surface area contributed by atoms with E-state index in [0.717, 1.165) is 6.54 Å². The Labute approximate surface area is 106 Å². The van der Waals surface area contributed by atoms with E-state index in [-0.39, 0.29) is 24.9 Å². The van der Waals surface area contributed by atoms with Gasteiger partial charge in [0, 0.05) is 19.1 Å². The molecule has 0 bridgehead atoms. The topological polar surface area (TPSA) is 78.9 Å². The van der Waals surface area contributed by atoms with Gasteiger partial charge in [-0.2, -0.15) is 0 Å². The largest absolute Gasteiger partial charge is 0.481 e. The minimum atomic E-state index is -0.853. The van der Waals surface area contributed by atoms with E-state index in [1.54, 1.807) is 0 Å². The molecule has 1 heterocycles. The van der Waals surface area contributed by atoms with Crippen LogP contribution >= 0.6 is 0 Å². The van der Waals surface area contributed by atoms with Crippen molar-refractivity contribution in [3.63, 3.8) is 0 Å². The Kier molecular flexibility index (Phi) is 4.54. The van der Waals surface area contributed by atoms with E-state index in [1.807, 2.05) is 4.90 Å². The highest BCUT2D eigenvalue weighted by molar-refractivity contribution is 5.78. The number of hydrogen-bond donors (Lipinski definition) is 2. The number of carbonyl (C=O) groups is 2. The van der Waals surface area contributed by atoms with Gasteiger partial charge in [0.15, 0.2) is 0 Å². The van der Waals surface area contributed by atoms with E-state index >= 15 is 0 Å². The number of hydrogen-bond acceptors (Lipinski definition) is 4. The fourth-order valence-electron chi connectivity index (χ4n) is 2.11. The first-order chi connectivity index (χ1) is 8.65. The number of nitrogens with zero attached hydrogens (tertiary/aromatic N) is 1. The molecule has 102 valence electrons. The van der Waals surface area contributed by atoms with Crippen molar-refractivity contribution in [2.75, 3.05) is 32.8 Å². The molecule has 6 heteroatoms. The fourth-order valence-corrected chi connectivity index (χ4v) is 2.11. The molecule has 1 saturated carbocycles. The first-order valence-electron chi connectivity index (χ1n) is 6.45. The summed E-state index contributed by atoms with van der Waals surface area (Å²) in [6.07, 6.45) is 2.44. The highest BCUT2D eigenvalue weighted by Crippen LogP contribution is 2.27. The number of nitrogens with one attached hydrogen (secondary N) is 1. The molecule has 2 rings (SSSR count). The Morgan fingerprint density at radius 2 is 2.17 bits per heavy atom. The second-order valence-electron chi connectivity index (χ2n) is 5.04. The molecular weight excluding hydrogens is 236 g/mol. The van der Waals surface area contributed by atoms with E-state index in [4.69, 9.17) is 9.84 Å². The predicted molar refractivity (Wildman–Crippen MR) is 64.2 cm³/mol. The molecule has 0 aromatic heterocycles. The van der Waals surface area contributed by atoms with Crippen LogP contribution in [0.4, 0.5) is 0 Å². The summed E-state index contributed by atoms with van der Waals surface area (Å²) in [5.74, 6) is -0.207. The molecule has 0 radical (unpaired) electrons. The SMILES string of the molecule is O=C(O)CC1COCCN1CC(=O)NCC1CC1. The molecule has 0 aromatic rings. The lowest BCUT2D eigenvalue weighted by Gasteiger charge is -2.34. The van der Waals surface area contributed by atoms with Gasteiger partial charge in [0.25, 0.3) is 0 Å². The van der Waals surface area contributed by atoms with Crippen LogP contribution in [0.2, 0.25) is 0 Å². The molecule has 6 nitrogen and oxygen atoms in total. The quantitative estimate of drug-likeness (QED) is 0.681. The maximum absolute atomic E-state index is 11.7. The molecule has 2 N–H and O–H groups in total. The minimum Gasteiger partial charge on any atom is -0.481 e. The van der Waals surface area contributed by atoms with Gasteiger partial charge >= 0.3 is 5.97 Å². The fraction of sp³-hybridized carbons (Fsp3) is 0.833. The van der Waals surface area contributed by atoms with Crippen LogP contribution in [0.25, 0.3) is 0 Å². The van der Waals surface area contributed by atoms with Gasteiger partial charge in [-0.3, -0.25) is 14.5 Å². The van der Waals surface area contributed by atoms with Crippen LogP contribution in [0.15, 0.2) is 0 Å². The number of carboxylic acids is 1. The molecule has 2 aliphatic rings. The zero-order valence-corrected chi connectivity index (χ0v) is 10.4. The first-order valence-corrected chi connectivity index (χ1v) is 6.45. The maximum atomic E-state index is 11.7. The monoisotopic (exact) mass is 256 g/mol. The molecule has 1 atom stereocenters. The van der Waals surface area contributed by atoms with Gasteiger partial charge in [0.2, 0.25) is 5.91 Å². The Bertz CT molecular complexity index is 317. The number of amides is 1. The van der Waals surface area contributed by atoms with Crippen LogP contribution < -0.4 is 5.32 Å². The van der Waals surface area contributed by atoms with Crippen LogP contribution in [0, 0.1) is 5.92 Å². The van der Waals surface area contributed by atoms with Crippen LogP contribution in [0.3, 0.4) is 0 Å². The van der Waals surface area contributed by atoms with Crippen molar-refractivity contribution < 1.29 is 19.4 Å². The second-order valence-corrected chi connectivity index (χ2v) is 5.04. The second kappa shape index (κ2) is 6.15. The Morgan fingerprint density at radius 3 is 2.83 bits per heavy atom. The third-order valence-electron chi connectivity index (χ3n) is 3.39. The predicted octanol–water partition coefficient (Wildman–Crippen LogP) is -0.312. The minimum absolute atomic E-state index is 0.0146. The lowest BCUT2D eigenvalue weighted by atomic mass is 10.1. The summed E-state index contributed by atoms with van der Waals surface area (Å²) in [4.78, 5) is 24.4. The van der Waals surface area contributed by atoms with Crippen LogP contribution in [0.1, 0.15) is 19.3 Å². The number of morpholine rings is 1. The summed E-state index contributed by atoms with van der Waals surface area (Å²) in [5, 5.41) is 11.7. The van der Waals surface area contributed by atoms with E-state index < -0.39 is 5.97 Å². The molecule has 0 spiro atoms. The van der Waals surface area contributed by atoms with Gasteiger partial charge in [-0.1, -0.05) is 0 Å². The molecule has 1 saturated heterocycles. The number of ether oxygens (including phenoxy) is 1. The van der Waals surface area contributed by atoms with Crippen LogP contribution in [-0.4, -0.2) is 60.8 Å². The van der Waals surface area contributed by atoms with E-state index in [9.17, 15) is 9.59 Å². The van der Waals surface area contributed by atoms with E-state index in [1.165, 1.54) is 12.8 Å². The Morgan fingerprint density at radius 1 is 1.39 bits per heavy atom. The standard InChI is InChI=1S/C12H20N2O4/c15-11(13-6-9-1-2-9)7-14-3-4-18-8-10(14)5-12(16)17/h9-10H,1-8H2,(H,13,15)(H,16,17). The van der Waals surface area contributed by atoms with Gasteiger partial charge in [-0.25, -0.2) is 0 Å². The summed E-state index contributed by atoms with van der Waals surface area (Å²) in [6.45, 7) is 2.60. The zero-order valence-electron chi connectivity index (χ0n) is 10.4. The van der Waals surface area contributed by atoms with Gasteiger partial charge in [0.1, 0.15) is 0 Å². The molecule has 1 unspecified atom stereocenters. The van der Waals surface area contributed by atoms with Crippen molar-refractivity contribution in [2.45, 2.75) is 25.3 Å². The average Bonchev–Trinajstić information content (AvgIpc) is 3.12. The summed E-state index contributed by atoms with van der Waals surface area (Å²) in [7, 11) is 0. The number of rotatable bonds is 6. The van der Waals surface area contributed by atoms with Gasteiger partial charge in [0.05, 0.1) is 26.2 Å². The summed E-state index contributed by atoms with van der Waals surface area (Å²) >= 11 is 0. The van der Waals surface area contributed by atoms with Crippen molar-refractivity contribution in [3.8, 4) is 0 Å². The van der Waals surface area contributed by atoms with E-state index in [0.29, 0.717) is 25.7 Å². The number of carbonyl (C=O) groups excluding carboxylic acids is 1. The Balaban J connectivity index is 1.76. The summed E-state index contributed by atoms with van der Waals surface area (Å²) < 4.78 is 5.27. The van der Waals surface area contributed by atoms with Gasteiger partial charge < -0.3 is 15.2 Å². The highest BCUT2D eigenvalue weighted by atomic mass is 16.5. The van der Waals surface area contributed by atoms with Crippen molar-refractivity contribution >= 4 is 11.9 Å². The molecule has 18 heavy (non-hydrogen) atoms. The summed E-state index contributed by atoms with van der Waals surface area (Å²) in [6, 6.07) is -0.192. The highest BCUT2D eigenvalue weighted by Gasteiger charge is 2.27. The molecule has 0 aromatic carbocycles. The number of aliphatic carboxylic acids is 1. The lowest BCUT2D eigenvalue weighted by Crippen LogP contribution is -2.50.